The number of thiocarbonyl (C=S) groups is 1. The highest BCUT2D eigenvalue weighted by molar-refractivity contribution is 14.1. The fourth-order valence-electron chi connectivity index (χ4n) is 3.18. The Labute approximate surface area is 159 Å². The van der Waals surface area contributed by atoms with Gasteiger partial charge in [0, 0.05) is 4.86 Å². The van der Waals surface area contributed by atoms with E-state index in [2.05, 4.69) is 41.7 Å². The number of hydrogen-bond donors (Lipinski definition) is 0. The van der Waals surface area contributed by atoms with Gasteiger partial charge >= 0.3 is 0 Å². The molecule has 0 saturated heterocycles. The van der Waals surface area contributed by atoms with Crippen LogP contribution < -0.4 is 0 Å². The Morgan fingerprint density at radius 1 is 1.13 bits per heavy atom. The van der Waals surface area contributed by atoms with Gasteiger partial charge in [-0.1, -0.05) is 93.1 Å². The highest BCUT2D eigenvalue weighted by Crippen LogP contribution is 2.40. The first-order valence-electron chi connectivity index (χ1n) is 8.57. The summed E-state index contributed by atoms with van der Waals surface area (Å²) in [5.74, 6) is 0.262. The topological polar surface area (TPSA) is 47.6 Å². The van der Waals surface area contributed by atoms with Crippen LogP contribution in [0.15, 0.2) is 20.8 Å². The van der Waals surface area contributed by atoms with Gasteiger partial charge in [0.25, 0.3) is 0 Å². The van der Waals surface area contributed by atoms with Crippen LogP contribution in [0.4, 0.5) is 0 Å². The number of nitrogens with zero attached hydrogens (tertiary/aromatic N) is 2. The van der Waals surface area contributed by atoms with Crippen molar-refractivity contribution >= 4 is 39.7 Å². The van der Waals surface area contributed by atoms with E-state index in [4.69, 9.17) is 12.2 Å². The van der Waals surface area contributed by atoms with Crippen molar-refractivity contribution in [2.45, 2.75) is 71.1 Å². The average Bonchev–Trinajstić information content (AvgIpc) is 2.87. The summed E-state index contributed by atoms with van der Waals surface area (Å²) in [6.07, 6.45) is 12.2. The molecule has 1 atom stereocenters. The molecule has 2 nitrogen and oxygen atoms in total. The molecule has 0 N–H and O–H groups in total. The van der Waals surface area contributed by atoms with Gasteiger partial charge in [-0.25, -0.2) is 0 Å². The maximum absolute atomic E-state index is 9.21. The molecule has 0 aromatic heterocycles. The molecule has 0 aromatic rings. The predicted octanol–water partition coefficient (Wildman–Crippen LogP) is 6.57. The predicted molar refractivity (Wildman–Crippen MR) is 108 cm³/mol. The number of allylic oxidation sites excluding steroid dienone is 3. The van der Waals surface area contributed by atoms with E-state index in [1.54, 1.807) is 0 Å². The minimum Gasteiger partial charge on any atom is -0.192 e. The number of halogens is 1. The molecule has 0 spiro atoms. The van der Waals surface area contributed by atoms with E-state index in [9.17, 15) is 10.5 Å². The summed E-state index contributed by atoms with van der Waals surface area (Å²) in [7, 11) is 0. The molecule has 23 heavy (non-hydrogen) atoms. The van der Waals surface area contributed by atoms with E-state index in [1.165, 1.54) is 44.9 Å². The Bertz CT molecular complexity index is 533. The highest BCUT2D eigenvalue weighted by atomic mass is 127. The molecule has 0 amide bonds. The Morgan fingerprint density at radius 2 is 1.70 bits per heavy atom. The van der Waals surface area contributed by atoms with Gasteiger partial charge in [0.05, 0.1) is 0 Å². The summed E-state index contributed by atoms with van der Waals surface area (Å²) in [4.78, 5) is 0.905. The minimum atomic E-state index is 0.248. The van der Waals surface area contributed by atoms with Crippen molar-refractivity contribution in [3.63, 3.8) is 0 Å². The van der Waals surface area contributed by atoms with Gasteiger partial charge in [0.15, 0.2) is 0 Å². The Balaban J connectivity index is 2.50. The van der Waals surface area contributed by atoms with Gasteiger partial charge in [-0.05, 0) is 34.0 Å². The van der Waals surface area contributed by atoms with Crippen LogP contribution in [-0.4, -0.2) is 4.86 Å². The molecule has 0 radical (unpaired) electrons. The van der Waals surface area contributed by atoms with Crippen LogP contribution in [-0.2, 0) is 0 Å². The standard InChI is InChI=1S/C19H25IN2S/c1-2-3-4-5-6-7-8-9-10-15-11-18(23)17(12-20)19(15)16(13-21)14-22/h12,15H,2-11H2,1H3/b17-12+. The second-order valence-electron chi connectivity index (χ2n) is 6.12. The van der Waals surface area contributed by atoms with E-state index >= 15 is 0 Å². The summed E-state index contributed by atoms with van der Waals surface area (Å²) >= 11 is 7.60. The van der Waals surface area contributed by atoms with Crippen LogP contribution >= 0.6 is 34.8 Å². The Kier molecular flexibility index (Phi) is 10.4. The summed E-state index contributed by atoms with van der Waals surface area (Å²) in [6.45, 7) is 2.24. The third-order valence-corrected chi connectivity index (χ3v) is 5.45. The molecule has 0 aliphatic heterocycles. The molecule has 1 fully saturated rings. The van der Waals surface area contributed by atoms with E-state index in [0.29, 0.717) is 0 Å². The molecular weight excluding hydrogens is 415 g/mol. The first-order chi connectivity index (χ1) is 11.2. The van der Waals surface area contributed by atoms with Crippen molar-refractivity contribution in [1.29, 1.82) is 10.5 Å². The number of rotatable bonds is 9. The minimum absolute atomic E-state index is 0.248. The van der Waals surface area contributed by atoms with Gasteiger partial charge in [0.1, 0.15) is 17.7 Å². The van der Waals surface area contributed by atoms with Crippen molar-refractivity contribution < 1.29 is 0 Å². The normalized spacial score (nSPS) is 19.0. The molecule has 4 heteroatoms. The molecule has 0 heterocycles. The molecule has 1 aliphatic carbocycles. The lowest BCUT2D eigenvalue weighted by atomic mass is 9.91. The lowest BCUT2D eigenvalue weighted by Crippen LogP contribution is -2.00. The molecule has 124 valence electrons. The molecule has 1 aliphatic rings. The molecular formula is C19H25IN2S. The molecule has 0 bridgehead atoms. The zero-order chi connectivity index (χ0) is 17.1. The van der Waals surface area contributed by atoms with Gasteiger partial charge < -0.3 is 0 Å². The van der Waals surface area contributed by atoms with Crippen LogP contribution in [0.2, 0.25) is 0 Å². The van der Waals surface area contributed by atoms with Gasteiger partial charge in [0.2, 0.25) is 0 Å². The third kappa shape index (κ3) is 6.36. The van der Waals surface area contributed by atoms with Gasteiger partial charge in [-0.3, -0.25) is 0 Å². The lowest BCUT2D eigenvalue weighted by Gasteiger charge is -2.11. The zero-order valence-electron chi connectivity index (χ0n) is 13.9. The molecule has 1 unspecified atom stereocenters. The van der Waals surface area contributed by atoms with E-state index in [-0.39, 0.29) is 11.5 Å². The smallest absolute Gasteiger partial charge is 0.133 e. The fourth-order valence-corrected chi connectivity index (χ4v) is 4.47. The van der Waals surface area contributed by atoms with Crippen molar-refractivity contribution in [3.05, 3.63) is 20.8 Å². The summed E-state index contributed by atoms with van der Waals surface area (Å²) in [6, 6.07) is 4.11. The van der Waals surface area contributed by atoms with Crippen LogP contribution in [0, 0.1) is 28.6 Å². The van der Waals surface area contributed by atoms with Crippen LogP contribution in [0.3, 0.4) is 0 Å². The number of unbranched alkanes of at least 4 members (excludes halogenated alkanes) is 7. The monoisotopic (exact) mass is 440 g/mol. The number of nitriles is 2. The van der Waals surface area contributed by atoms with Crippen molar-refractivity contribution in [2.24, 2.45) is 5.92 Å². The fraction of sp³-hybridized carbons (Fsp3) is 0.632. The third-order valence-electron chi connectivity index (χ3n) is 4.44. The SMILES string of the molecule is CCCCCCCCCCC1CC(=S)/C(=C\I)C1=C(C#N)C#N. The molecule has 1 saturated carbocycles. The maximum atomic E-state index is 9.21. The highest BCUT2D eigenvalue weighted by Gasteiger charge is 2.31. The Hall–Kier alpha value is -0.720. The van der Waals surface area contributed by atoms with Gasteiger partial charge in [-0.15, -0.1) is 0 Å². The van der Waals surface area contributed by atoms with E-state index < -0.39 is 0 Å². The van der Waals surface area contributed by atoms with Crippen LogP contribution in [0.5, 0.6) is 0 Å². The summed E-state index contributed by atoms with van der Waals surface area (Å²) in [5, 5.41) is 18.4. The van der Waals surface area contributed by atoms with E-state index in [0.717, 1.165) is 35.3 Å². The van der Waals surface area contributed by atoms with E-state index in [1.807, 2.05) is 4.08 Å². The molecule has 0 aromatic carbocycles. The first kappa shape index (κ1) is 20.3. The van der Waals surface area contributed by atoms with Crippen LogP contribution in [0.1, 0.15) is 71.1 Å². The Morgan fingerprint density at radius 3 is 2.22 bits per heavy atom. The molecule has 1 rings (SSSR count). The summed E-state index contributed by atoms with van der Waals surface area (Å²) < 4.78 is 1.93. The van der Waals surface area contributed by atoms with Crippen molar-refractivity contribution in [2.75, 3.05) is 0 Å². The first-order valence-corrected chi connectivity index (χ1v) is 10.2. The lowest BCUT2D eigenvalue weighted by molar-refractivity contribution is 0.519. The average molecular weight is 440 g/mol. The second kappa shape index (κ2) is 11.8. The van der Waals surface area contributed by atoms with Crippen molar-refractivity contribution in [3.8, 4) is 12.1 Å². The maximum Gasteiger partial charge on any atom is 0.133 e. The number of hydrogen-bond acceptors (Lipinski definition) is 3. The van der Waals surface area contributed by atoms with Crippen LogP contribution in [0.25, 0.3) is 0 Å². The quantitative estimate of drug-likeness (QED) is 0.134. The summed E-state index contributed by atoms with van der Waals surface area (Å²) in [5.41, 5.74) is 2.10. The van der Waals surface area contributed by atoms with Crippen molar-refractivity contribution in [1.82, 2.24) is 0 Å². The zero-order valence-corrected chi connectivity index (χ0v) is 16.9. The van der Waals surface area contributed by atoms with Gasteiger partial charge in [-0.2, -0.15) is 10.5 Å². The largest absolute Gasteiger partial charge is 0.192 e. The second-order valence-corrected chi connectivity index (χ2v) is 7.24.